The Labute approximate surface area is 123 Å². The van der Waals surface area contributed by atoms with Gasteiger partial charge in [0.05, 0.1) is 14.2 Å². The third-order valence-electron chi connectivity index (χ3n) is 3.29. The van der Waals surface area contributed by atoms with Crippen molar-refractivity contribution in [1.29, 1.82) is 0 Å². The summed E-state index contributed by atoms with van der Waals surface area (Å²) in [4.78, 5) is 0. The standard InChI is InChI=1S/C14H21NO2S2/c1-15-14(13-9-18-6-7-19-13)10-4-5-11(16-2)12(8-10)17-3/h4-5,8,13-15H,6-7,9H2,1-3H3. The van der Waals surface area contributed by atoms with Gasteiger partial charge in [-0.1, -0.05) is 6.07 Å². The summed E-state index contributed by atoms with van der Waals surface area (Å²) in [7, 11) is 5.38. The van der Waals surface area contributed by atoms with Crippen LogP contribution in [-0.2, 0) is 0 Å². The van der Waals surface area contributed by atoms with Gasteiger partial charge in [-0.3, -0.25) is 0 Å². The lowest BCUT2D eigenvalue weighted by Crippen LogP contribution is -2.31. The molecule has 1 aliphatic heterocycles. The van der Waals surface area contributed by atoms with Gasteiger partial charge in [0.2, 0.25) is 0 Å². The summed E-state index contributed by atoms with van der Waals surface area (Å²) in [6, 6.07) is 6.55. The molecule has 0 aromatic heterocycles. The first kappa shape index (κ1) is 14.9. The first-order chi connectivity index (χ1) is 9.30. The van der Waals surface area contributed by atoms with Gasteiger partial charge in [-0.25, -0.2) is 0 Å². The van der Waals surface area contributed by atoms with Crippen LogP contribution in [0, 0.1) is 0 Å². The Morgan fingerprint density at radius 1 is 1.21 bits per heavy atom. The third kappa shape index (κ3) is 3.52. The number of rotatable bonds is 5. The summed E-state index contributed by atoms with van der Waals surface area (Å²) in [6.07, 6.45) is 0. The average molecular weight is 299 g/mol. The molecule has 1 aromatic rings. The molecule has 1 aromatic carbocycles. The monoisotopic (exact) mass is 299 g/mol. The molecule has 0 spiro atoms. The molecule has 0 saturated carbocycles. The summed E-state index contributed by atoms with van der Waals surface area (Å²) in [5.74, 6) is 5.29. The van der Waals surface area contributed by atoms with Gasteiger partial charge in [-0.05, 0) is 24.7 Å². The quantitative estimate of drug-likeness (QED) is 0.903. The highest BCUT2D eigenvalue weighted by molar-refractivity contribution is 8.06. The molecule has 0 radical (unpaired) electrons. The van der Waals surface area contributed by atoms with Crippen LogP contribution in [0.2, 0.25) is 0 Å². The van der Waals surface area contributed by atoms with Crippen molar-refractivity contribution >= 4 is 23.5 Å². The lowest BCUT2D eigenvalue weighted by atomic mass is 10.0. The van der Waals surface area contributed by atoms with E-state index >= 15 is 0 Å². The van der Waals surface area contributed by atoms with E-state index < -0.39 is 0 Å². The summed E-state index contributed by atoms with van der Waals surface area (Å²) in [6.45, 7) is 0. The highest BCUT2D eigenvalue weighted by Gasteiger charge is 2.25. The van der Waals surface area contributed by atoms with Crippen molar-refractivity contribution in [2.45, 2.75) is 11.3 Å². The summed E-state index contributed by atoms with van der Waals surface area (Å²) in [5, 5.41) is 4.06. The van der Waals surface area contributed by atoms with Crippen LogP contribution in [0.25, 0.3) is 0 Å². The Hall–Kier alpha value is -0.520. The summed E-state index contributed by atoms with van der Waals surface area (Å²) in [5.41, 5.74) is 1.26. The van der Waals surface area contributed by atoms with Crippen molar-refractivity contribution in [3.63, 3.8) is 0 Å². The number of benzene rings is 1. The van der Waals surface area contributed by atoms with E-state index in [1.54, 1.807) is 14.2 Å². The van der Waals surface area contributed by atoms with Crippen molar-refractivity contribution in [1.82, 2.24) is 5.32 Å². The maximum absolute atomic E-state index is 5.39. The molecule has 2 rings (SSSR count). The first-order valence-corrected chi connectivity index (χ1v) is 8.59. The second-order valence-electron chi connectivity index (χ2n) is 4.36. The van der Waals surface area contributed by atoms with Crippen molar-refractivity contribution < 1.29 is 9.47 Å². The molecule has 2 unspecified atom stereocenters. The SMILES string of the molecule is CNC(c1ccc(OC)c(OC)c1)C1CSCCS1. The van der Waals surface area contributed by atoms with Crippen LogP contribution >= 0.6 is 23.5 Å². The van der Waals surface area contributed by atoms with Gasteiger partial charge in [-0.15, -0.1) is 0 Å². The van der Waals surface area contributed by atoms with Crippen LogP contribution in [0.4, 0.5) is 0 Å². The van der Waals surface area contributed by atoms with E-state index in [2.05, 4.69) is 29.2 Å². The molecule has 19 heavy (non-hydrogen) atoms. The van der Waals surface area contributed by atoms with Gasteiger partial charge in [0.1, 0.15) is 0 Å². The molecule has 5 heteroatoms. The van der Waals surface area contributed by atoms with E-state index in [0.29, 0.717) is 11.3 Å². The Kier molecular flexibility index (Phi) is 5.73. The number of nitrogens with one attached hydrogen (secondary N) is 1. The van der Waals surface area contributed by atoms with Crippen LogP contribution in [-0.4, -0.2) is 43.8 Å². The van der Waals surface area contributed by atoms with Crippen molar-refractivity contribution in [3.8, 4) is 11.5 Å². The van der Waals surface area contributed by atoms with E-state index in [1.165, 1.54) is 22.8 Å². The molecule has 1 fully saturated rings. The minimum Gasteiger partial charge on any atom is -0.493 e. The predicted molar refractivity (Wildman–Crippen MR) is 84.9 cm³/mol. The number of hydrogen-bond donors (Lipinski definition) is 1. The molecular weight excluding hydrogens is 278 g/mol. The van der Waals surface area contributed by atoms with Gasteiger partial charge < -0.3 is 14.8 Å². The Morgan fingerprint density at radius 2 is 2.00 bits per heavy atom. The number of methoxy groups -OCH3 is 2. The highest BCUT2D eigenvalue weighted by atomic mass is 32.2. The van der Waals surface area contributed by atoms with Gasteiger partial charge in [-0.2, -0.15) is 23.5 Å². The fraction of sp³-hybridized carbons (Fsp3) is 0.571. The zero-order valence-corrected chi connectivity index (χ0v) is 13.3. The van der Waals surface area contributed by atoms with Crippen LogP contribution in [0.3, 0.4) is 0 Å². The molecule has 1 aliphatic rings. The van der Waals surface area contributed by atoms with Crippen LogP contribution in [0.1, 0.15) is 11.6 Å². The second kappa shape index (κ2) is 7.31. The molecular formula is C14H21NO2S2. The van der Waals surface area contributed by atoms with Gasteiger partial charge >= 0.3 is 0 Å². The first-order valence-electron chi connectivity index (χ1n) is 6.38. The molecule has 1 N–H and O–H groups in total. The molecule has 0 aliphatic carbocycles. The zero-order chi connectivity index (χ0) is 13.7. The van der Waals surface area contributed by atoms with Crippen LogP contribution < -0.4 is 14.8 Å². The molecule has 2 atom stereocenters. The van der Waals surface area contributed by atoms with Gasteiger partial charge in [0, 0.05) is 28.6 Å². The second-order valence-corrected chi connectivity index (χ2v) is 6.86. The maximum Gasteiger partial charge on any atom is 0.161 e. The highest BCUT2D eigenvalue weighted by Crippen LogP contribution is 2.36. The fourth-order valence-corrected chi connectivity index (χ4v) is 5.22. The lowest BCUT2D eigenvalue weighted by molar-refractivity contribution is 0.354. The predicted octanol–water partition coefficient (Wildman–Crippen LogP) is 2.81. The number of thioether (sulfide) groups is 2. The van der Waals surface area contributed by atoms with Crippen molar-refractivity contribution in [3.05, 3.63) is 23.8 Å². The summed E-state index contributed by atoms with van der Waals surface area (Å²) < 4.78 is 10.7. The molecule has 1 heterocycles. The largest absolute Gasteiger partial charge is 0.493 e. The van der Waals surface area contributed by atoms with Crippen molar-refractivity contribution in [2.24, 2.45) is 0 Å². The number of ether oxygens (including phenoxy) is 2. The fourth-order valence-electron chi connectivity index (χ4n) is 2.31. The lowest BCUT2D eigenvalue weighted by Gasteiger charge is -2.30. The van der Waals surface area contributed by atoms with Gasteiger partial charge in [0.25, 0.3) is 0 Å². The minimum atomic E-state index is 0.359. The smallest absolute Gasteiger partial charge is 0.161 e. The molecule has 0 amide bonds. The Balaban J connectivity index is 2.22. The molecule has 106 valence electrons. The average Bonchev–Trinajstić information content (AvgIpc) is 2.49. The van der Waals surface area contributed by atoms with Gasteiger partial charge in [0.15, 0.2) is 11.5 Å². The molecule has 0 bridgehead atoms. The Morgan fingerprint density at radius 3 is 2.58 bits per heavy atom. The zero-order valence-electron chi connectivity index (χ0n) is 11.6. The van der Waals surface area contributed by atoms with Crippen molar-refractivity contribution in [2.75, 3.05) is 38.5 Å². The minimum absolute atomic E-state index is 0.359. The summed E-state index contributed by atoms with van der Waals surface area (Å²) >= 11 is 4.10. The van der Waals surface area contributed by atoms with E-state index in [0.717, 1.165) is 11.5 Å². The third-order valence-corrected chi connectivity index (χ3v) is 6.16. The van der Waals surface area contributed by atoms with E-state index in [9.17, 15) is 0 Å². The van der Waals surface area contributed by atoms with E-state index in [4.69, 9.17) is 9.47 Å². The normalized spacial score (nSPS) is 20.9. The van der Waals surface area contributed by atoms with E-state index in [-0.39, 0.29) is 0 Å². The molecule has 1 saturated heterocycles. The van der Waals surface area contributed by atoms with Crippen LogP contribution in [0.15, 0.2) is 18.2 Å². The molecule has 3 nitrogen and oxygen atoms in total. The van der Waals surface area contributed by atoms with E-state index in [1.807, 2.05) is 24.9 Å². The number of hydrogen-bond acceptors (Lipinski definition) is 5. The maximum atomic E-state index is 5.39. The van der Waals surface area contributed by atoms with Crippen LogP contribution in [0.5, 0.6) is 11.5 Å². The Bertz CT molecular complexity index is 408. The topological polar surface area (TPSA) is 30.5 Å².